The van der Waals surface area contributed by atoms with Gasteiger partial charge in [-0.3, -0.25) is 9.69 Å². The number of likely N-dealkylation sites (tertiary alicyclic amines) is 1. The van der Waals surface area contributed by atoms with E-state index in [4.69, 9.17) is 4.74 Å². The topological polar surface area (TPSA) is 54.5 Å². The van der Waals surface area contributed by atoms with Gasteiger partial charge < -0.3 is 10.1 Å². The first kappa shape index (κ1) is 20.1. The smallest absolute Gasteiger partial charge is 0.257 e. The standard InChI is InChI=1S/C25H27N3O2/c1-19-8-5-6-9-20(19)18-28-16-13-21(14-17-28)27-24(29)23-12-7-15-26-25(23)30-22-10-3-2-4-11-22/h2-12,15,21H,13-14,16-18H2,1H3,(H,27,29). The highest BCUT2D eigenvalue weighted by Crippen LogP contribution is 2.23. The third-order valence-electron chi connectivity index (χ3n) is 5.55. The van der Waals surface area contributed by atoms with E-state index in [-0.39, 0.29) is 11.9 Å². The summed E-state index contributed by atoms with van der Waals surface area (Å²) in [5.41, 5.74) is 3.16. The van der Waals surface area contributed by atoms with Crippen LogP contribution in [-0.4, -0.2) is 34.9 Å². The van der Waals surface area contributed by atoms with Crippen molar-refractivity contribution in [3.63, 3.8) is 0 Å². The van der Waals surface area contributed by atoms with Crippen LogP contribution in [0.5, 0.6) is 11.6 Å². The molecule has 5 heteroatoms. The predicted molar refractivity (Wildman–Crippen MR) is 118 cm³/mol. The lowest BCUT2D eigenvalue weighted by molar-refractivity contribution is 0.0906. The van der Waals surface area contributed by atoms with E-state index >= 15 is 0 Å². The number of carbonyl (C=O) groups is 1. The zero-order valence-corrected chi connectivity index (χ0v) is 17.3. The van der Waals surface area contributed by atoms with Crippen LogP contribution in [0.3, 0.4) is 0 Å². The molecule has 5 nitrogen and oxygen atoms in total. The number of piperidine rings is 1. The highest BCUT2D eigenvalue weighted by atomic mass is 16.5. The molecule has 1 aromatic heterocycles. The number of rotatable bonds is 6. The Morgan fingerprint density at radius 3 is 2.53 bits per heavy atom. The number of aromatic nitrogens is 1. The molecule has 1 aliphatic rings. The number of nitrogens with zero attached hydrogens (tertiary/aromatic N) is 2. The van der Waals surface area contributed by atoms with E-state index in [1.54, 1.807) is 18.3 Å². The molecule has 0 unspecified atom stereocenters. The van der Waals surface area contributed by atoms with Crippen LogP contribution < -0.4 is 10.1 Å². The monoisotopic (exact) mass is 401 g/mol. The maximum atomic E-state index is 12.9. The van der Waals surface area contributed by atoms with Crippen molar-refractivity contribution in [1.29, 1.82) is 0 Å². The van der Waals surface area contributed by atoms with Crippen LogP contribution in [0.2, 0.25) is 0 Å². The molecule has 2 aromatic carbocycles. The molecule has 0 saturated carbocycles. The number of benzene rings is 2. The van der Waals surface area contributed by atoms with Crippen molar-refractivity contribution in [2.75, 3.05) is 13.1 Å². The molecular formula is C25H27N3O2. The summed E-state index contributed by atoms with van der Waals surface area (Å²) >= 11 is 0. The Balaban J connectivity index is 1.34. The van der Waals surface area contributed by atoms with Crippen LogP contribution in [0.1, 0.15) is 34.3 Å². The average Bonchev–Trinajstić information content (AvgIpc) is 2.78. The van der Waals surface area contributed by atoms with Crippen molar-refractivity contribution in [2.24, 2.45) is 0 Å². The van der Waals surface area contributed by atoms with Gasteiger partial charge in [-0.05, 0) is 55.2 Å². The summed E-state index contributed by atoms with van der Waals surface area (Å²) in [6, 6.07) is 21.6. The van der Waals surface area contributed by atoms with Gasteiger partial charge in [0.15, 0.2) is 0 Å². The highest BCUT2D eigenvalue weighted by molar-refractivity contribution is 5.96. The molecular weight excluding hydrogens is 374 g/mol. The largest absolute Gasteiger partial charge is 0.438 e. The molecule has 1 N–H and O–H groups in total. The second-order valence-electron chi connectivity index (χ2n) is 7.72. The van der Waals surface area contributed by atoms with Gasteiger partial charge >= 0.3 is 0 Å². The SMILES string of the molecule is Cc1ccccc1CN1CCC(NC(=O)c2cccnc2Oc2ccccc2)CC1. The summed E-state index contributed by atoms with van der Waals surface area (Å²) in [5, 5.41) is 3.17. The summed E-state index contributed by atoms with van der Waals surface area (Å²) < 4.78 is 5.83. The minimum Gasteiger partial charge on any atom is -0.438 e. The lowest BCUT2D eigenvalue weighted by atomic mass is 10.0. The first-order chi connectivity index (χ1) is 14.7. The van der Waals surface area contributed by atoms with Crippen molar-refractivity contribution in [1.82, 2.24) is 15.2 Å². The number of hydrogen-bond donors (Lipinski definition) is 1. The number of aryl methyl sites for hydroxylation is 1. The third-order valence-corrected chi connectivity index (χ3v) is 5.55. The molecule has 0 aliphatic carbocycles. The van der Waals surface area contributed by atoms with Gasteiger partial charge in [0, 0.05) is 31.9 Å². The van der Waals surface area contributed by atoms with Crippen molar-refractivity contribution >= 4 is 5.91 Å². The number of ether oxygens (including phenoxy) is 1. The summed E-state index contributed by atoms with van der Waals surface area (Å²) in [6.45, 7) is 5.07. The second-order valence-corrected chi connectivity index (χ2v) is 7.72. The number of nitrogens with one attached hydrogen (secondary N) is 1. The predicted octanol–water partition coefficient (Wildman–Crippen LogP) is 4.58. The van der Waals surface area contributed by atoms with Crippen LogP contribution in [0.15, 0.2) is 72.9 Å². The molecule has 0 atom stereocenters. The normalized spacial score (nSPS) is 15.0. The van der Waals surface area contributed by atoms with Gasteiger partial charge in [-0.2, -0.15) is 0 Å². The number of amides is 1. The van der Waals surface area contributed by atoms with E-state index in [0.29, 0.717) is 17.2 Å². The van der Waals surface area contributed by atoms with E-state index < -0.39 is 0 Å². The zero-order valence-electron chi connectivity index (χ0n) is 17.3. The quantitative estimate of drug-likeness (QED) is 0.657. The molecule has 0 spiro atoms. The van der Waals surface area contributed by atoms with E-state index in [2.05, 4.69) is 46.4 Å². The summed E-state index contributed by atoms with van der Waals surface area (Å²) in [4.78, 5) is 19.6. The molecule has 4 rings (SSSR count). The van der Waals surface area contributed by atoms with Crippen LogP contribution in [0.25, 0.3) is 0 Å². The average molecular weight is 402 g/mol. The molecule has 3 aromatic rings. The molecule has 1 saturated heterocycles. The Bertz CT molecular complexity index is 982. The fourth-order valence-electron chi connectivity index (χ4n) is 3.77. The lowest BCUT2D eigenvalue weighted by Crippen LogP contribution is -2.44. The second kappa shape index (κ2) is 9.55. The minimum atomic E-state index is -0.133. The zero-order chi connectivity index (χ0) is 20.8. The molecule has 154 valence electrons. The van der Waals surface area contributed by atoms with E-state index in [1.165, 1.54) is 11.1 Å². The molecule has 0 radical (unpaired) electrons. The maximum Gasteiger partial charge on any atom is 0.257 e. The lowest BCUT2D eigenvalue weighted by Gasteiger charge is -2.32. The van der Waals surface area contributed by atoms with Gasteiger partial charge in [0.05, 0.1) is 0 Å². The molecule has 1 amide bonds. The summed E-state index contributed by atoms with van der Waals surface area (Å²) in [5.74, 6) is 0.860. The summed E-state index contributed by atoms with van der Waals surface area (Å²) in [7, 11) is 0. The minimum absolute atomic E-state index is 0.133. The van der Waals surface area contributed by atoms with E-state index in [1.807, 2.05) is 30.3 Å². The van der Waals surface area contributed by atoms with E-state index in [9.17, 15) is 4.79 Å². The maximum absolute atomic E-state index is 12.9. The fraction of sp³-hybridized carbons (Fsp3) is 0.280. The van der Waals surface area contributed by atoms with Gasteiger partial charge in [-0.1, -0.05) is 42.5 Å². The van der Waals surface area contributed by atoms with Crippen LogP contribution >= 0.6 is 0 Å². The Morgan fingerprint density at radius 1 is 1.03 bits per heavy atom. The van der Waals surface area contributed by atoms with Crippen molar-refractivity contribution < 1.29 is 9.53 Å². The van der Waals surface area contributed by atoms with Crippen molar-refractivity contribution in [3.8, 4) is 11.6 Å². The third kappa shape index (κ3) is 5.05. The molecule has 1 fully saturated rings. The van der Waals surface area contributed by atoms with Gasteiger partial charge in [0.2, 0.25) is 5.88 Å². The molecule has 1 aliphatic heterocycles. The van der Waals surface area contributed by atoms with Crippen molar-refractivity contribution in [3.05, 3.63) is 89.6 Å². The van der Waals surface area contributed by atoms with Gasteiger partial charge in [0.1, 0.15) is 11.3 Å². The van der Waals surface area contributed by atoms with Crippen LogP contribution in [0.4, 0.5) is 0 Å². The van der Waals surface area contributed by atoms with Gasteiger partial charge in [0.25, 0.3) is 5.91 Å². The molecule has 30 heavy (non-hydrogen) atoms. The fourth-order valence-corrected chi connectivity index (χ4v) is 3.77. The van der Waals surface area contributed by atoms with E-state index in [0.717, 1.165) is 32.5 Å². The number of para-hydroxylation sites is 1. The Hall–Kier alpha value is -3.18. The Kier molecular flexibility index (Phi) is 6.40. The molecule has 0 bridgehead atoms. The summed E-state index contributed by atoms with van der Waals surface area (Å²) in [6.07, 6.45) is 3.51. The number of carbonyl (C=O) groups excluding carboxylic acids is 1. The van der Waals surface area contributed by atoms with Gasteiger partial charge in [-0.25, -0.2) is 4.98 Å². The van der Waals surface area contributed by atoms with Crippen LogP contribution in [-0.2, 0) is 6.54 Å². The highest BCUT2D eigenvalue weighted by Gasteiger charge is 2.23. The first-order valence-electron chi connectivity index (χ1n) is 10.4. The van der Waals surface area contributed by atoms with Crippen molar-refractivity contribution in [2.45, 2.75) is 32.4 Å². The number of hydrogen-bond acceptors (Lipinski definition) is 4. The van der Waals surface area contributed by atoms with Gasteiger partial charge in [-0.15, -0.1) is 0 Å². The van der Waals surface area contributed by atoms with Crippen LogP contribution in [0, 0.1) is 6.92 Å². The Labute approximate surface area is 177 Å². The first-order valence-corrected chi connectivity index (χ1v) is 10.4. The Morgan fingerprint density at radius 2 is 1.77 bits per heavy atom. The molecule has 2 heterocycles. The number of pyridine rings is 1.